The van der Waals surface area contributed by atoms with Gasteiger partial charge in [0.25, 0.3) is 5.91 Å². The summed E-state index contributed by atoms with van der Waals surface area (Å²) in [6.45, 7) is 7.32. The molecule has 0 unspecified atom stereocenters. The molecule has 22 heavy (non-hydrogen) atoms. The fourth-order valence-electron chi connectivity index (χ4n) is 2.08. The molecule has 1 aliphatic heterocycles. The molecule has 1 aliphatic rings. The fourth-order valence-corrected chi connectivity index (χ4v) is 3.73. The molecule has 1 amide bonds. The molecule has 1 saturated heterocycles. The van der Waals surface area contributed by atoms with Gasteiger partial charge in [0.1, 0.15) is 10.1 Å². The maximum Gasteiger partial charge on any atom is 0.266 e. The molecule has 1 heterocycles. The van der Waals surface area contributed by atoms with Gasteiger partial charge in [-0.3, -0.25) is 9.69 Å². The third kappa shape index (κ3) is 4.12. The minimum absolute atomic E-state index is 0.0221. The topological polar surface area (TPSA) is 29.5 Å². The molecule has 0 atom stereocenters. The first-order chi connectivity index (χ1) is 10.4. The third-order valence-electron chi connectivity index (χ3n) is 2.98. The summed E-state index contributed by atoms with van der Waals surface area (Å²) in [6, 6.07) is 5.76. The summed E-state index contributed by atoms with van der Waals surface area (Å²) in [7, 11) is 0. The molecule has 0 aliphatic carbocycles. The van der Waals surface area contributed by atoms with Crippen molar-refractivity contribution in [2.45, 2.75) is 20.8 Å². The van der Waals surface area contributed by atoms with Crippen LogP contribution in [0.15, 0.2) is 27.6 Å². The smallest absolute Gasteiger partial charge is 0.266 e. The largest absolute Gasteiger partial charge is 0.493 e. The van der Waals surface area contributed by atoms with Crippen LogP contribution in [0.25, 0.3) is 6.08 Å². The second-order valence-electron chi connectivity index (χ2n) is 5.30. The maximum atomic E-state index is 12.5. The van der Waals surface area contributed by atoms with Crippen LogP contribution < -0.4 is 4.74 Å². The predicted molar refractivity (Wildman–Crippen MR) is 100 cm³/mol. The molecule has 0 spiro atoms. The summed E-state index contributed by atoms with van der Waals surface area (Å²) in [5.74, 6) is 1.12. The molecule has 0 saturated carbocycles. The van der Waals surface area contributed by atoms with Crippen LogP contribution in [-0.4, -0.2) is 28.3 Å². The average Bonchev–Trinajstić information content (AvgIpc) is 2.69. The Labute approximate surface area is 149 Å². The number of benzene rings is 1. The molecule has 118 valence electrons. The van der Waals surface area contributed by atoms with Gasteiger partial charge in [-0.1, -0.05) is 53.8 Å². The van der Waals surface area contributed by atoms with Gasteiger partial charge in [-0.15, -0.1) is 0 Å². The van der Waals surface area contributed by atoms with Crippen LogP contribution in [0.1, 0.15) is 26.3 Å². The van der Waals surface area contributed by atoms with E-state index in [9.17, 15) is 4.79 Å². The zero-order valence-electron chi connectivity index (χ0n) is 12.8. The normalized spacial score (nSPS) is 17.0. The van der Waals surface area contributed by atoms with Gasteiger partial charge in [0.15, 0.2) is 0 Å². The minimum Gasteiger partial charge on any atom is -0.493 e. The van der Waals surface area contributed by atoms with Crippen LogP contribution in [-0.2, 0) is 4.79 Å². The molecular formula is C16H18BrNO2S2. The molecule has 1 aromatic rings. The monoisotopic (exact) mass is 399 g/mol. The molecule has 3 nitrogen and oxygen atoms in total. The molecule has 2 rings (SSSR count). The standard InChI is InChI=1S/C16H18BrNO2S2/c1-4-20-13-6-5-12(17)7-11(13)8-14-15(19)18(9-10(2)3)16(21)22-14/h5-8,10H,4,9H2,1-3H3. The van der Waals surface area contributed by atoms with Gasteiger partial charge in [-0.25, -0.2) is 0 Å². The Morgan fingerprint density at radius 2 is 2.18 bits per heavy atom. The Kier molecular flexibility index (Phi) is 6.06. The van der Waals surface area contributed by atoms with E-state index in [2.05, 4.69) is 29.8 Å². The summed E-state index contributed by atoms with van der Waals surface area (Å²) in [6.07, 6.45) is 1.86. The highest BCUT2D eigenvalue weighted by molar-refractivity contribution is 9.10. The third-order valence-corrected chi connectivity index (χ3v) is 4.85. The van der Waals surface area contributed by atoms with E-state index in [0.29, 0.717) is 28.3 Å². The minimum atomic E-state index is -0.0221. The van der Waals surface area contributed by atoms with Crippen molar-refractivity contribution in [3.05, 3.63) is 33.1 Å². The SMILES string of the molecule is CCOc1ccc(Br)cc1C=C1SC(=S)N(CC(C)C)C1=O. The van der Waals surface area contributed by atoms with E-state index in [4.69, 9.17) is 17.0 Å². The number of rotatable bonds is 5. The predicted octanol–water partition coefficient (Wildman–Crippen LogP) is 4.71. The zero-order valence-corrected chi connectivity index (χ0v) is 16.0. The van der Waals surface area contributed by atoms with E-state index >= 15 is 0 Å². The average molecular weight is 400 g/mol. The number of carbonyl (C=O) groups is 1. The van der Waals surface area contributed by atoms with Crippen molar-refractivity contribution in [2.75, 3.05) is 13.2 Å². The lowest BCUT2D eigenvalue weighted by Gasteiger charge is -2.16. The van der Waals surface area contributed by atoms with Crippen LogP contribution in [0, 0.1) is 5.92 Å². The highest BCUT2D eigenvalue weighted by atomic mass is 79.9. The number of hydrogen-bond acceptors (Lipinski definition) is 4. The van der Waals surface area contributed by atoms with Gasteiger partial charge in [-0.2, -0.15) is 0 Å². The van der Waals surface area contributed by atoms with Crippen LogP contribution in [0.3, 0.4) is 0 Å². The Hall–Kier alpha value is -0.850. The van der Waals surface area contributed by atoms with Crippen molar-refractivity contribution in [2.24, 2.45) is 5.92 Å². The van der Waals surface area contributed by atoms with Gasteiger partial charge in [0.2, 0.25) is 0 Å². The van der Waals surface area contributed by atoms with Gasteiger partial charge in [-0.05, 0) is 37.1 Å². The summed E-state index contributed by atoms with van der Waals surface area (Å²) in [5.41, 5.74) is 0.876. The van der Waals surface area contributed by atoms with Crippen molar-refractivity contribution in [3.8, 4) is 5.75 Å². The summed E-state index contributed by atoms with van der Waals surface area (Å²) in [5, 5.41) is 0. The zero-order chi connectivity index (χ0) is 16.3. The molecule has 0 radical (unpaired) electrons. The highest BCUT2D eigenvalue weighted by Gasteiger charge is 2.32. The Balaban J connectivity index is 2.32. The van der Waals surface area contributed by atoms with Gasteiger partial charge in [0.05, 0.1) is 11.5 Å². The van der Waals surface area contributed by atoms with Crippen LogP contribution in [0.2, 0.25) is 0 Å². The number of hydrogen-bond donors (Lipinski definition) is 0. The van der Waals surface area contributed by atoms with Crippen LogP contribution in [0.4, 0.5) is 0 Å². The number of nitrogens with zero attached hydrogens (tertiary/aromatic N) is 1. The molecule has 1 fully saturated rings. The van der Waals surface area contributed by atoms with E-state index in [1.165, 1.54) is 11.8 Å². The van der Waals surface area contributed by atoms with Gasteiger partial charge < -0.3 is 4.74 Å². The first-order valence-electron chi connectivity index (χ1n) is 7.10. The number of ether oxygens (including phenoxy) is 1. The van der Waals surface area contributed by atoms with Gasteiger partial charge >= 0.3 is 0 Å². The first-order valence-corrected chi connectivity index (χ1v) is 9.11. The van der Waals surface area contributed by atoms with Crippen molar-refractivity contribution in [1.82, 2.24) is 4.90 Å². The second kappa shape index (κ2) is 7.62. The first kappa shape index (κ1) is 17.5. The van der Waals surface area contributed by atoms with Crippen LogP contribution in [0.5, 0.6) is 5.75 Å². The molecule has 1 aromatic carbocycles. The second-order valence-corrected chi connectivity index (χ2v) is 7.89. The van der Waals surface area contributed by atoms with Crippen molar-refractivity contribution in [1.29, 1.82) is 0 Å². The van der Waals surface area contributed by atoms with E-state index in [0.717, 1.165) is 15.8 Å². The number of halogens is 1. The Morgan fingerprint density at radius 1 is 1.45 bits per heavy atom. The lowest BCUT2D eigenvalue weighted by atomic mass is 10.1. The highest BCUT2D eigenvalue weighted by Crippen LogP contribution is 2.35. The molecule has 6 heteroatoms. The van der Waals surface area contributed by atoms with Crippen molar-refractivity contribution in [3.63, 3.8) is 0 Å². The number of thiocarbonyl (C=S) groups is 1. The maximum absolute atomic E-state index is 12.5. The number of thioether (sulfide) groups is 1. The van der Waals surface area contributed by atoms with Crippen LogP contribution >= 0.6 is 39.9 Å². The molecule has 0 bridgehead atoms. The van der Waals surface area contributed by atoms with E-state index in [-0.39, 0.29) is 5.91 Å². The van der Waals surface area contributed by atoms with E-state index in [1.807, 2.05) is 31.2 Å². The quantitative estimate of drug-likeness (QED) is 0.529. The molecular weight excluding hydrogens is 382 g/mol. The lowest BCUT2D eigenvalue weighted by molar-refractivity contribution is -0.122. The van der Waals surface area contributed by atoms with E-state index < -0.39 is 0 Å². The van der Waals surface area contributed by atoms with E-state index in [1.54, 1.807) is 4.90 Å². The Bertz CT molecular complexity index is 629. The molecule has 0 aromatic heterocycles. The number of carbonyl (C=O) groups excluding carboxylic acids is 1. The van der Waals surface area contributed by atoms with Crippen molar-refractivity contribution >= 4 is 56.2 Å². The van der Waals surface area contributed by atoms with Gasteiger partial charge in [0, 0.05) is 16.6 Å². The number of amides is 1. The summed E-state index contributed by atoms with van der Waals surface area (Å²) < 4.78 is 7.19. The molecule has 0 N–H and O–H groups in total. The Morgan fingerprint density at radius 3 is 2.82 bits per heavy atom. The lowest BCUT2D eigenvalue weighted by Crippen LogP contribution is -2.31. The summed E-state index contributed by atoms with van der Waals surface area (Å²) in [4.78, 5) is 14.8. The summed E-state index contributed by atoms with van der Waals surface area (Å²) >= 11 is 10.1. The fraction of sp³-hybridized carbons (Fsp3) is 0.375. The van der Waals surface area contributed by atoms with Crippen molar-refractivity contribution < 1.29 is 9.53 Å².